The molecule has 1 saturated heterocycles. The lowest BCUT2D eigenvalue weighted by molar-refractivity contribution is -0.245. The van der Waals surface area contributed by atoms with Crippen molar-refractivity contribution in [2.45, 2.75) is 50.9 Å². The van der Waals surface area contributed by atoms with E-state index < -0.39 is 22.0 Å². The zero-order chi connectivity index (χ0) is 13.2. The van der Waals surface area contributed by atoms with Crippen molar-refractivity contribution in [3.05, 3.63) is 0 Å². The number of ether oxygens (including phenoxy) is 2. The third-order valence-electron chi connectivity index (χ3n) is 3.80. The van der Waals surface area contributed by atoms with E-state index in [0.29, 0.717) is 13.2 Å². The van der Waals surface area contributed by atoms with Gasteiger partial charge >= 0.3 is 0 Å². The highest BCUT2D eigenvalue weighted by molar-refractivity contribution is 7.86. The Labute approximate surface area is 109 Å². The first-order valence-corrected chi connectivity index (χ1v) is 8.42. The summed E-state index contributed by atoms with van der Waals surface area (Å²) >= 11 is 0. The number of hydrogen-bond acceptors (Lipinski definition) is 5. The highest BCUT2D eigenvalue weighted by Crippen LogP contribution is 2.41. The van der Waals surface area contributed by atoms with Gasteiger partial charge in [-0.3, -0.25) is 4.18 Å². The maximum Gasteiger partial charge on any atom is 0.264 e. The summed E-state index contributed by atoms with van der Waals surface area (Å²) in [6.45, 7) is 2.74. The second-order valence-corrected chi connectivity index (χ2v) is 6.80. The van der Waals surface area contributed by atoms with Gasteiger partial charge in [0.15, 0.2) is 5.79 Å². The molecule has 6 heteroatoms. The summed E-state index contributed by atoms with van der Waals surface area (Å²) in [5.74, 6) is -0.644. The monoisotopic (exact) mass is 278 g/mol. The molecule has 0 aromatic carbocycles. The van der Waals surface area contributed by atoms with Gasteiger partial charge in [-0.25, -0.2) is 0 Å². The highest BCUT2D eigenvalue weighted by Gasteiger charge is 2.50. The Hall–Kier alpha value is -0.170. The molecule has 106 valence electrons. The lowest BCUT2D eigenvalue weighted by Crippen LogP contribution is -2.51. The van der Waals surface area contributed by atoms with Crippen LogP contribution < -0.4 is 0 Å². The summed E-state index contributed by atoms with van der Waals surface area (Å²) in [5, 5.41) is 0. The number of hydrogen-bond donors (Lipinski definition) is 0. The fraction of sp³-hybridized carbons (Fsp3) is 1.00. The third kappa shape index (κ3) is 3.04. The van der Waals surface area contributed by atoms with E-state index in [2.05, 4.69) is 0 Å². The summed E-state index contributed by atoms with van der Waals surface area (Å²) in [7, 11) is -3.50. The standard InChI is InChI=1S/C12H22O5S/c1-10(17-18(2,13)14)12(15-8-9-16-12)11-6-4-3-5-7-11/h10-11H,3-9H2,1-2H3. The van der Waals surface area contributed by atoms with Gasteiger partial charge in [-0.2, -0.15) is 8.42 Å². The fourth-order valence-corrected chi connectivity index (χ4v) is 3.74. The van der Waals surface area contributed by atoms with Crippen LogP contribution in [0.1, 0.15) is 39.0 Å². The molecular formula is C12H22O5S. The zero-order valence-corrected chi connectivity index (χ0v) is 11.9. The summed E-state index contributed by atoms with van der Waals surface area (Å²) in [6.07, 6.45) is 6.00. The van der Waals surface area contributed by atoms with Crippen LogP contribution >= 0.6 is 0 Å². The molecule has 0 radical (unpaired) electrons. The Morgan fingerprint density at radius 2 is 1.72 bits per heavy atom. The molecule has 18 heavy (non-hydrogen) atoms. The molecule has 5 nitrogen and oxygen atoms in total. The van der Waals surface area contributed by atoms with Gasteiger partial charge in [0.25, 0.3) is 10.1 Å². The van der Waals surface area contributed by atoms with E-state index in [1.165, 1.54) is 6.42 Å². The minimum absolute atomic E-state index is 0.227. The minimum atomic E-state index is -3.50. The van der Waals surface area contributed by atoms with Crippen LogP contribution in [0.2, 0.25) is 0 Å². The van der Waals surface area contributed by atoms with Crippen molar-refractivity contribution in [1.82, 2.24) is 0 Å². The van der Waals surface area contributed by atoms with Crippen molar-refractivity contribution >= 4 is 10.1 Å². The molecule has 0 N–H and O–H groups in total. The molecule has 1 atom stereocenters. The van der Waals surface area contributed by atoms with Crippen LogP contribution in [0.5, 0.6) is 0 Å². The summed E-state index contributed by atoms with van der Waals surface area (Å²) in [4.78, 5) is 0. The molecule has 2 rings (SSSR count). The van der Waals surface area contributed by atoms with Gasteiger partial charge in [0, 0.05) is 5.92 Å². The highest BCUT2D eigenvalue weighted by atomic mass is 32.2. The van der Waals surface area contributed by atoms with Crippen LogP contribution in [0.15, 0.2) is 0 Å². The van der Waals surface area contributed by atoms with Crippen molar-refractivity contribution < 1.29 is 22.1 Å². The lowest BCUT2D eigenvalue weighted by Gasteiger charge is -2.40. The molecule has 1 aliphatic carbocycles. The summed E-state index contributed by atoms with van der Waals surface area (Å²) in [6, 6.07) is 0. The van der Waals surface area contributed by atoms with Gasteiger partial charge in [0.1, 0.15) is 6.10 Å². The van der Waals surface area contributed by atoms with Crippen LogP contribution in [0.25, 0.3) is 0 Å². The van der Waals surface area contributed by atoms with Crippen LogP contribution in [0, 0.1) is 5.92 Å². The largest absolute Gasteiger partial charge is 0.345 e. The predicted octanol–water partition coefficient (Wildman–Crippen LogP) is 1.67. The fourth-order valence-electron chi connectivity index (χ4n) is 3.08. The van der Waals surface area contributed by atoms with Crippen LogP contribution in [0.3, 0.4) is 0 Å². The Kier molecular flexibility index (Phi) is 4.31. The van der Waals surface area contributed by atoms with Crippen LogP contribution in [0.4, 0.5) is 0 Å². The lowest BCUT2D eigenvalue weighted by atomic mass is 9.81. The normalized spacial score (nSPS) is 27.2. The molecule has 0 bridgehead atoms. The quantitative estimate of drug-likeness (QED) is 0.732. The molecule has 0 spiro atoms. The average molecular weight is 278 g/mol. The molecule has 0 aromatic rings. The Morgan fingerprint density at radius 3 is 2.22 bits per heavy atom. The van der Waals surface area contributed by atoms with Crippen molar-refractivity contribution in [2.24, 2.45) is 5.92 Å². The van der Waals surface area contributed by atoms with Crippen molar-refractivity contribution in [1.29, 1.82) is 0 Å². The van der Waals surface area contributed by atoms with E-state index in [-0.39, 0.29) is 5.92 Å². The predicted molar refractivity (Wildman–Crippen MR) is 66.6 cm³/mol. The van der Waals surface area contributed by atoms with E-state index in [1.54, 1.807) is 6.92 Å². The molecule has 1 unspecified atom stereocenters. The topological polar surface area (TPSA) is 61.8 Å². The summed E-state index contributed by atoms with van der Waals surface area (Å²) in [5.41, 5.74) is 0. The van der Waals surface area contributed by atoms with Gasteiger partial charge in [-0.1, -0.05) is 19.3 Å². The van der Waals surface area contributed by atoms with E-state index >= 15 is 0 Å². The van der Waals surface area contributed by atoms with Gasteiger partial charge in [-0.05, 0) is 19.8 Å². The molecule has 1 aliphatic heterocycles. The third-order valence-corrected chi connectivity index (χ3v) is 4.44. The van der Waals surface area contributed by atoms with E-state index in [9.17, 15) is 8.42 Å². The Morgan fingerprint density at radius 1 is 1.17 bits per heavy atom. The molecule has 2 aliphatic rings. The Balaban J connectivity index is 2.15. The summed E-state index contributed by atoms with van der Waals surface area (Å²) < 4.78 is 39.2. The van der Waals surface area contributed by atoms with Crippen molar-refractivity contribution in [2.75, 3.05) is 19.5 Å². The first-order valence-electron chi connectivity index (χ1n) is 6.60. The van der Waals surface area contributed by atoms with Gasteiger partial charge in [0.05, 0.1) is 19.5 Å². The maximum atomic E-state index is 11.3. The second kappa shape index (κ2) is 5.45. The first-order chi connectivity index (χ1) is 8.44. The minimum Gasteiger partial charge on any atom is -0.345 e. The average Bonchev–Trinajstić information content (AvgIpc) is 2.78. The SMILES string of the molecule is CC(OS(C)(=O)=O)C1(C2CCCCC2)OCCO1. The van der Waals surface area contributed by atoms with E-state index in [0.717, 1.165) is 31.9 Å². The Bertz CT molecular complexity index is 366. The van der Waals surface area contributed by atoms with Gasteiger partial charge in [0.2, 0.25) is 0 Å². The molecule has 0 amide bonds. The maximum absolute atomic E-state index is 11.3. The number of rotatable bonds is 4. The van der Waals surface area contributed by atoms with E-state index in [4.69, 9.17) is 13.7 Å². The van der Waals surface area contributed by atoms with Crippen molar-refractivity contribution in [3.63, 3.8) is 0 Å². The van der Waals surface area contributed by atoms with Gasteiger partial charge < -0.3 is 9.47 Å². The molecule has 2 fully saturated rings. The molecule has 1 heterocycles. The first kappa shape index (κ1) is 14.2. The van der Waals surface area contributed by atoms with E-state index in [1.807, 2.05) is 0 Å². The van der Waals surface area contributed by atoms with Crippen LogP contribution in [-0.4, -0.2) is 39.8 Å². The molecular weight excluding hydrogens is 256 g/mol. The van der Waals surface area contributed by atoms with Gasteiger partial charge in [-0.15, -0.1) is 0 Å². The smallest absolute Gasteiger partial charge is 0.264 e. The van der Waals surface area contributed by atoms with Crippen LogP contribution in [-0.2, 0) is 23.8 Å². The van der Waals surface area contributed by atoms with Crippen molar-refractivity contribution in [3.8, 4) is 0 Å². The molecule has 0 aromatic heterocycles. The molecule has 1 saturated carbocycles. The second-order valence-electron chi connectivity index (χ2n) is 5.20. The zero-order valence-electron chi connectivity index (χ0n) is 11.1.